The van der Waals surface area contributed by atoms with Crippen LogP contribution in [0.2, 0.25) is 0 Å². The minimum Gasteiger partial charge on any atom is -0.385 e. The van der Waals surface area contributed by atoms with Gasteiger partial charge in [-0.25, -0.2) is 0 Å². The molecule has 1 unspecified atom stereocenters. The maximum atomic E-state index is 5.61. The lowest BCUT2D eigenvalue weighted by molar-refractivity contribution is 0.103. The van der Waals surface area contributed by atoms with Crippen LogP contribution in [0.25, 0.3) is 0 Å². The van der Waals surface area contributed by atoms with E-state index in [0.29, 0.717) is 6.10 Å². The summed E-state index contributed by atoms with van der Waals surface area (Å²) in [6.07, 6.45) is 7.50. The van der Waals surface area contributed by atoms with Gasteiger partial charge < -0.3 is 10.1 Å². The van der Waals surface area contributed by atoms with Crippen molar-refractivity contribution in [2.45, 2.75) is 36.7 Å². The van der Waals surface area contributed by atoms with E-state index in [1.165, 1.54) is 36.3 Å². The molecule has 1 aliphatic rings. The fraction of sp³-hybridized carbons (Fsp3) is 0.571. The second kappa shape index (κ2) is 6.92. The third-order valence-corrected chi connectivity index (χ3v) is 3.85. The van der Waals surface area contributed by atoms with Crippen LogP contribution in [0, 0.1) is 0 Å². The molecule has 0 aromatic heterocycles. The highest BCUT2D eigenvalue weighted by Gasteiger charge is 2.14. The standard InChI is InChI=1S/C14H21NOS/c1-17-14-8-2-5-12(11-14)15-9-3-6-13-7-4-10-16-13/h2,5,8,11,13,15H,3-4,6-7,9-10H2,1H3. The zero-order valence-corrected chi connectivity index (χ0v) is 11.3. The van der Waals surface area contributed by atoms with Crippen molar-refractivity contribution in [1.82, 2.24) is 0 Å². The highest BCUT2D eigenvalue weighted by atomic mass is 32.2. The Hall–Kier alpha value is -0.670. The number of anilines is 1. The van der Waals surface area contributed by atoms with Crippen molar-refractivity contribution in [1.29, 1.82) is 0 Å². The van der Waals surface area contributed by atoms with Gasteiger partial charge in [-0.3, -0.25) is 0 Å². The van der Waals surface area contributed by atoms with Crippen LogP contribution in [0.15, 0.2) is 29.2 Å². The predicted octanol–water partition coefficient (Wildman–Crippen LogP) is 3.78. The molecule has 94 valence electrons. The van der Waals surface area contributed by atoms with Gasteiger partial charge in [-0.05, 0) is 50.1 Å². The van der Waals surface area contributed by atoms with E-state index >= 15 is 0 Å². The van der Waals surface area contributed by atoms with E-state index in [-0.39, 0.29) is 0 Å². The molecular formula is C14H21NOS. The van der Waals surface area contributed by atoms with E-state index in [0.717, 1.165) is 13.2 Å². The van der Waals surface area contributed by atoms with Crippen LogP contribution in [0.5, 0.6) is 0 Å². The summed E-state index contributed by atoms with van der Waals surface area (Å²) in [5, 5.41) is 3.47. The summed E-state index contributed by atoms with van der Waals surface area (Å²) in [5.74, 6) is 0. The van der Waals surface area contributed by atoms with Gasteiger partial charge >= 0.3 is 0 Å². The van der Waals surface area contributed by atoms with Crippen molar-refractivity contribution in [3.63, 3.8) is 0 Å². The van der Waals surface area contributed by atoms with Crippen molar-refractivity contribution >= 4 is 17.4 Å². The minimum absolute atomic E-state index is 0.523. The maximum absolute atomic E-state index is 5.61. The largest absolute Gasteiger partial charge is 0.385 e. The lowest BCUT2D eigenvalue weighted by Gasteiger charge is -2.10. The molecule has 17 heavy (non-hydrogen) atoms. The van der Waals surface area contributed by atoms with E-state index in [1.54, 1.807) is 11.8 Å². The smallest absolute Gasteiger partial charge is 0.0576 e. The van der Waals surface area contributed by atoms with Gasteiger partial charge in [0.15, 0.2) is 0 Å². The van der Waals surface area contributed by atoms with Gasteiger partial charge in [0.1, 0.15) is 0 Å². The molecule has 0 aliphatic carbocycles. The molecule has 1 heterocycles. The van der Waals surface area contributed by atoms with Crippen molar-refractivity contribution < 1.29 is 4.74 Å². The summed E-state index contributed by atoms with van der Waals surface area (Å²) in [4.78, 5) is 1.31. The fourth-order valence-electron chi connectivity index (χ4n) is 2.17. The Morgan fingerprint density at radius 1 is 1.47 bits per heavy atom. The Morgan fingerprint density at radius 2 is 2.41 bits per heavy atom. The van der Waals surface area contributed by atoms with Crippen LogP contribution in [0.1, 0.15) is 25.7 Å². The van der Waals surface area contributed by atoms with Crippen molar-refractivity contribution in [2.75, 3.05) is 24.7 Å². The quantitative estimate of drug-likeness (QED) is 0.614. The predicted molar refractivity (Wildman–Crippen MR) is 74.9 cm³/mol. The van der Waals surface area contributed by atoms with Gasteiger partial charge in [0.25, 0.3) is 0 Å². The maximum Gasteiger partial charge on any atom is 0.0576 e. The molecule has 0 bridgehead atoms. The Labute approximate surface area is 108 Å². The number of hydrogen-bond donors (Lipinski definition) is 1. The van der Waals surface area contributed by atoms with Crippen molar-refractivity contribution in [3.8, 4) is 0 Å². The lowest BCUT2D eigenvalue weighted by atomic mass is 10.1. The van der Waals surface area contributed by atoms with E-state index in [2.05, 4.69) is 35.8 Å². The molecular weight excluding hydrogens is 230 g/mol. The van der Waals surface area contributed by atoms with Crippen molar-refractivity contribution in [3.05, 3.63) is 24.3 Å². The van der Waals surface area contributed by atoms with E-state index in [9.17, 15) is 0 Å². The van der Waals surface area contributed by atoms with E-state index in [1.807, 2.05) is 0 Å². The summed E-state index contributed by atoms with van der Waals surface area (Å²) in [6.45, 7) is 2.01. The van der Waals surface area contributed by atoms with Crippen LogP contribution in [-0.4, -0.2) is 25.5 Å². The topological polar surface area (TPSA) is 21.3 Å². The van der Waals surface area contributed by atoms with Crippen LogP contribution in [-0.2, 0) is 4.74 Å². The Balaban J connectivity index is 1.66. The number of thioether (sulfide) groups is 1. The Kier molecular flexibility index (Phi) is 5.20. The minimum atomic E-state index is 0.523. The first-order chi connectivity index (χ1) is 8.38. The zero-order chi connectivity index (χ0) is 11.9. The second-order valence-electron chi connectivity index (χ2n) is 4.44. The number of hydrogen-bond acceptors (Lipinski definition) is 3. The Morgan fingerprint density at radius 3 is 3.18 bits per heavy atom. The van der Waals surface area contributed by atoms with Gasteiger partial charge in [0, 0.05) is 23.7 Å². The second-order valence-corrected chi connectivity index (χ2v) is 5.32. The number of ether oxygens (including phenoxy) is 1. The lowest BCUT2D eigenvalue weighted by Crippen LogP contribution is -2.09. The van der Waals surface area contributed by atoms with Crippen molar-refractivity contribution in [2.24, 2.45) is 0 Å². The molecule has 1 aromatic rings. The molecule has 1 atom stereocenters. The molecule has 1 aliphatic heterocycles. The van der Waals surface area contributed by atoms with Crippen LogP contribution in [0.3, 0.4) is 0 Å². The molecule has 1 saturated heterocycles. The summed E-state index contributed by atoms with van der Waals surface area (Å²) in [7, 11) is 0. The molecule has 0 spiro atoms. The zero-order valence-electron chi connectivity index (χ0n) is 10.4. The summed E-state index contributed by atoms with van der Waals surface area (Å²) < 4.78 is 5.61. The van der Waals surface area contributed by atoms with E-state index < -0.39 is 0 Å². The first-order valence-corrected chi connectivity index (χ1v) is 7.60. The number of benzene rings is 1. The molecule has 0 amide bonds. The highest BCUT2D eigenvalue weighted by molar-refractivity contribution is 7.98. The molecule has 0 radical (unpaired) electrons. The molecule has 1 aromatic carbocycles. The van der Waals surface area contributed by atoms with E-state index in [4.69, 9.17) is 4.74 Å². The van der Waals surface area contributed by atoms with Gasteiger partial charge in [0.2, 0.25) is 0 Å². The van der Waals surface area contributed by atoms with Crippen LogP contribution < -0.4 is 5.32 Å². The van der Waals surface area contributed by atoms with Gasteiger partial charge in [0.05, 0.1) is 6.10 Å². The molecule has 1 fully saturated rings. The monoisotopic (exact) mass is 251 g/mol. The normalized spacial score (nSPS) is 19.5. The SMILES string of the molecule is CSc1cccc(NCCCC2CCCO2)c1. The summed E-state index contributed by atoms with van der Waals surface area (Å²) in [5.41, 5.74) is 1.23. The number of rotatable bonds is 6. The average molecular weight is 251 g/mol. The fourth-order valence-corrected chi connectivity index (χ4v) is 2.63. The highest BCUT2D eigenvalue weighted by Crippen LogP contribution is 2.20. The molecule has 2 rings (SSSR count). The summed E-state index contributed by atoms with van der Waals surface area (Å²) >= 11 is 1.78. The van der Waals surface area contributed by atoms with Crippen LogP contribution in [0.4, 0.5) is 5.69 Å². The molecule has 3 heteroatoms. The third kappa shape index (κ3) is 4.25. The van der Waals surface area contributed by atoms with Gasteiger partial charge in [-0.1, -0.05) is 6.07 Å². The summed E-state index contributed by atoms with van der Waals surface area (Å²) in [6, 6.07) is 8.58. The first kappa shape index (κ1) is 12.8. The molecule has 0 saturated carbocycles. The van der Waals surface area contributed by atoms with Gasteiger partial charge in [-0.2, -0.15) is 0 Å². The first-order valence-electron chi connectivity index (χ1n) is 6.38. The Bertz CT molecular complexity index is 337. The van der Waals surface area contributed by atoms with Crippen LogP contribution >= 0.6 is 11.8 Å². The molecule has 2 nitrogen and oxygen atoms in total. The third-order valence-electron chi connectivity index (χ3n) is 3.13. The van der Waals surface area contributed by atoms with Gasteiger partial charge in [-0.15, -0.1) is 11.8 Å². The number of nitrogens with one attached hydrogen (secondary N) is 1. The average Bonchev–Trinajstić information content (AvgIpc) is 2.88. The molecule has 1 N–H and O–H groups in total.